The smallest absolute Gasteiger partial charge is 0.335 e. The van der Waals surface area contributed by atoms with Crippen molar-refractivity contribution in [3.8, 4) is 0 Å². The second kappa shape index (κ2) is 6.62. The molecule has 0 aromatic heterocycles. The lowest BCUT2D eigenvalue weighted by atomic mass is 9.69. The molecule has 3 aliphatic heterocycles. The first kappa shape index (κ1) is 18.2. The number of urea groups is 1. The lowest BCUT2D eigenvalue weighted by molar-refractivity contribution is -0.144. The summed E-state index contributed by atoms with van der Waals surface area (Å²) in [5.74, 6) is 0.700. The molecule has 0 bridgehead atoms. The van der Waals surface area contributed by atoms with Crippen LogP contribution < -0.4 is 15.1 Å². The highest BCUT2D eigenvalue weighted by Gasteiger charge is 2.62. The van der Waals surface area contributed by atoms with E-state index in [1.54, 1.807) is 23.9 Å². The van der Waals surface area contributed by atoms with E-state index in [1.165, 1.54) is 0 Å². The maximum atomic E-state index is 13.9. The molecule has 0 aliphatic carbocycles. The number of hydrogen-bond acceptors (Lipinski definition) is 5. The number of benzene rings is 2. The minimum Gasteiger partial charge on any atom is -0.365 e. The van der Waals surface area contributed by atoms with Crippen molar-refractivity contribution in [3.63, 3.8) is 0 Å². The SMILES string of the molecule is Cc1ccc(N2C(=O)NC(=O)[C@]3(Cc4ccccc4N4CCSC[C@@H]43)C2=O)cc1. The maximum Gasteiger partial charge on any atom is 0.335 e. The largest absolute Gasteiger partial charge is 0.365 e. The molecule has 148 valence electrons. The number of amides is 4. The van der Waals surface area contributed by atoms with Crippen LogP contribution in [0.25, 0.3) is 0 Å². The van der Waals surface area contributed by atoms with Gasteiger partial charge in [-0.3, -0.25) is 14.9 Å². The first-order valence-electron chi connectivity index (χ1n) is 9.71. The van der Waals surface area contributed by atoms with E-state index < -0.39 is 23.3 Å². The van der Waals surface area contributed by atoms with Gasteiger partial charge in [0.1, 0.15) is 0 Å². The highest BCUT2D eigenvalue weighted by molar-refractivity contribution is 7.99. The number of aryl methyl sites for hydroxylation is 1. The Morgan fingerprint density at radius 3 is 2.62 bits per heavy atom. The Kier molecular flexibility index (Phi) is 4.17. The minimum atomic E-state index is -1.32. The molecule has 6 nitrogen and oxygen atoms in total. The van der Waals surface area contributed by atoms with Gasteiger partial charge in [0.2, 0.25) is 5.91 Å². The van der Waals surface area contributed by atoms with E-state index in [2.05, 4.69) is 16.3 Å². The van der Waals surface area contributed by atoms with E-state index >= 15 is 0 Å². The summed E-state index contributed by atoms with van der Waals surface area (Å²) in [6, 6.07) is 14.2. The van der Waals surface area contributed by atoms with Gasteiger partial charge in [-0.15, -0.1) is 0 Å². The van der Waals surface area contributed by atoms with Crippen molar-refractivity contribution in [3.05, 3.63) is 59.7 Å². The molecule has 1 N–H and O–H groups in total. The summed E-state index contributed by atoms with van der Waals surface area (Å²) < 4.78 is 0. The van der Waals surface area contributed by atoms with E-state index in [0.717, 1.165) is 34.0 Å². The van der Waals surface area contributed by atoms with Gasteiger partial charge in [0, 0.05) is 23.7 Å². The number of anilines is 2. The van der Waals surface area contributed by atoms with Gasteiger partial charge < -0.3 is 4.90 Å². The summed E-state index contributed by atoms with van der Waals surface area (Å²) >= 11 is 1.75. The normalized spacial score (nSPS) is 26.2. The van der Waals surface area contributed by atoms with Crippen molar-refractivity contribution < 1.29 is 14.4 Å². The van der Waals surface area contributed by atoms with Crippen molar-refractivity contribution >= 4 is 41.0 Å². The quantitative estimate of drug-likeness (QED) is 0.736. The third-order valence-electron chi connectivity index (χ3n) is 6.17. The number of imide groups is 2. The molecule has 3 heterocycles. The zero-order chi connectivity index (χ0) is 20.2. The van der Waals surface area contributed by atoms with E-state index in [-0.39, 0.29) is 6.04 Å². The lowest BCUT2D eigenvalue weighted by Gasteiger charge is -2.53. The summed E-state index contributed by atoms with van der Waals surface area (Å²) in [5, 5.41) is 2.49. The summed E-state index contributed by atoms with van der Waals surface area (Å²) in [4.78, 5) is 43.2. The predicted octanol–water partition coefficient (Wildman–Crippen LogP) is 2.74. The van der Waals surface area contributed by atoms with Gasteiger partial charge in [-0.2, -0.15) is 11.8 Å². The molecule has 2 aromatic carbocycles. The van der Waals surface area contributed by atoms with Gasteiger partial charge in [-0.1, -0.05) is 35.9 Å². The fraction of sp³-hybridized carbons (Fsp3) is 0.318. The first-order valence-corrected chi connectivity index (χ1v) is 10.9. The van der Waals surface area contributed by atoms with Crippen LogP contribution in [0.1, 0.15) is 11.1 Å². The number of rotatable bonds is 1. The third-order valence-corrected chi connectivity index (χ3v) is 7.20. The average molecular weight is 407 g/mol. The molecular formula is C22H21N3O3S. The van der Waals surface area contributed by atoms with Crippen LogP contribution in [-0.4, -0.2) is 41.9 Å². The lowest BCUT2D eigenvalue weighted by Crippen LogP contribution is -2.73. The van der Waals surface area contributed by atoms with Crippen LogP contribution in [0.2, 0.25) is 0 Å². The third kappa shape index (κ3) is 2.60. The van der Waals surface area contributed by atoms with Crippen LogP contribution in [0.5, 0.6) is 0 Å². The van der Waals surface area contributed by atoms with Crippen molar-refractivity contribution in [1.29, 1.82) is 0 Å². The number of carbonyl (C=O) groups excluding carboxylic acids is 3. The zero-order valence-corrected chi connectivity index (χ0v) is 16.9. The van der Waals surface area contributed by atoms with E-state index in [4.69, 9.17) is 0 Å². The Labute approximate surface area is 173 Å². The van der Waals surface area contributed by atoms with Gasteiger partial charge in [0.25, 0.3) is 5.91 Å². The van der Waals surface area contributed by atoms with Gasteiger partial charge in [0.05, 0.1) is 11.7 Å². The summed E-state index contributed by atoms with van der Waals surface area (Å²) in [7, 11) is 0. The van der Waals surface area contributed by atoms with Crippen molar-refractivity contribution in [2.75, 3.05) is 27.9 Å². The highest BCUT2D eigenvalue weighted by atomic mass is 32.2. The van der Waals surface area contributed by atoms with Crippen LogP contribution in [0, 0.1) is 12.3 Å². The molecule has 4 amide bonds. The maximum absolute atomic E-state index is 13.9. The van der Waals surface area contributed by atoms with Crippen molar-refractivity contribution in [1.82, 2.24) is 5.32 Å². The van der Waals surface area contributed by atoms with Crippen LogP contribution in [0.15, 0.2) is 48.5 Å². The summed E-state index contributed by atoms with van der Waals surface area (Å²) in [5.41, 5.74) is 2.26. The monoisotopic (exact) mass is 407 g/mol. The van der Waals surface area contributed by atoms with Gasteiger partial charge in [-0.05, 0) is 37.1 Å². The van der Waals surface area contributed by atoms with Crippen LogP contribution in [-0.2, 0) is 16.0 Å². The fourth-order valence-corrected chi connectivity index (χ4v) is 5.87. The number of carbonyl (C=O) groups is 3. The molecule has 5 rings (SSSR count). The topological polar surface area (TPSA) is 69.7 Å². The molecule has 7 heteroatoms. The van der Waals surface area contributed by atoms with Gasteiger partial charge >= 0.3 is 6.03 Å². The number of thioether (sulfide) groups is 1. The standard InChI is InChI=1S/C22H21N3O3S/c1-14-6-8-16(9-7-14)25-20(27)22(19(26)23-21(25)28)12-15-4-2-3-5-17(15)24-10-11-29-13-18(22)24/h2-9,18H,10-13H2,1H3,(H,23,26,28)/t18-,22-/m1/s1. The molecule has 2 atom stereocenters. The number of nitrogens with one attached hydrogen (secondary N) is 1. The average Bonchev–Trinajstić information content (AvgIpc) is 2.73. The second-order valence-electron chi connectivity index (χ2n) is 7.80. The van der Waals surface area contributed by atoms with Crippen LogP contribution in [0.4, 0.5) is 16.2 Å². The molecule has 0 unspecified atom stereocenters. The van der Waals surface area contributed by atoms with Crippen LogP contribution >= 0.6 is 11.8 Å². The molecule has 2 saturated heterocycles. The van der Waals surface area contributed by atoms with Gasteiger partial charge in [-0.25, -0.2) is 9.69 Å². The molecular weight excluding hydrogens is 386 g/mol. The Hall–Kier alpha value is -2.80. The number of nitrogens with zero attached hydrogens (tertiary/aromatic N) is 2. The molecule has 3 aliphatic rings. The number of fused-ring (bicyclic) bond motifs is 4. The minimum absolute atomic E-state index is 0.287. The molecule has 1 spiro atoms. The Balaban J connectivity index is 1.66. The first-order chi connectivity index (χ1) is 14.0. The van der Waals surface area contributed by atoms with Crippen molar-refractivity contribution in [2.24, 2.45) is 5.41 Å². The number of hydrogen-bond donors (Lipinski definition) is 1. The zero-order valence-electron chi connectivity index (χ0n) is 16.1. The van der Waals surface area contributed by atoms with Gasteiger partial charge in [0.15, 0.2) is 5.41 Å². The Bertz CT molecular complexity index is 1020. The van der Waals surface area contributed by atoms with E-state index in [1.807, 2.05) is 37.3 Å². The molecule has 2 aromatic rings. The molecule has 29 heavy (non-hydrogen) atoms. The Morgan fingerprint density at radius 2 is 1.83 bits per heavy atom. The van der Waals surface area contributed by atoms with E-state index in [9.17, 15) is 14.4 Å². The predicted molar refractivity (Wildman–Crippen MR) is 113 cm³/mol. The number of barbiturate groups is 1. The summed E-state index contributed by atoms with van der Waals surface area (Å²) in [6.45, 7) is 2.72. The fourth-order valence-electron chi connectivity index (χ4n) is 4.69. The molecule has 0 saturated carbocycles. The Morgan fingerprint density at radius 1 is 1.07 bits per heavy atom. The molecule has 2 fully saturated rings. The summed E-state index contributed by atoms with van der Waals surface area (Å²) in [6.07, 6.45) is 0.297. The van der Waals surface area contributed by atoms with E-state index in [0.29, 0.717) is 17.9 Å². The molecule has 0 radical (unpaired) electrons. The number of para-hydroxylation sites is 1. The van der Waals surface area contributed by atoms with Crippen molar-refractivity contribution in [2.45, 2.75) is 19.4 Å². The second-order valence-corrected chi connectivity index (χ2v) is 8.95. The van der Waals surface area contributed by atoms with Crippen LogP contribution in [0.3, 0.4) is 0 Å². The highest BCUT2D eigenvalue weighted by Crippen LogP contribution is 2.47.